The molecule has 1 heterocycles. The van der Waals surface area contributed by atoms with Crippen LogP contribution >= 0.6 is 0 Å². The summed E-state index contributed by atoms with van der Waals surface area (Å²) in [4.78, 5) is 0. The Morgan fingerprint density at radius 1 is 1.28 bits per heavy atom. The van der Waals surface area contributed by atoms with Crippen molar-refractivity contribution in [1.82, 2.24) is 5.32 Å². The van der Waals surface area contributed by atoms with Crippen LogP contribution in [0.5, 0.6) is 5.75 Å². The molecule has 0 bridgehead atoms. The fourth-order valence-electron chi connectivity index (χ4n) is 2.30. The Hall–Kier alpha value is -1.02. The molecule has 0 saturated carbocycles. The van der Waals surface area contributed by atoms with Crippen LogP contribution in [-0.4, -0.2) is 19.2 Å². The Kier molecular flexibility index (Phi) is 4.28. The number of nitrogens with one attached hydrogen (secondary N) is 1. The molecule has 1 aliphatic rings. The highest BCUT2D eigenvalue weighted by molar-refractivity contribution is 5.31. The average molecular weight is 247 g/mol. The molecule has 1 atom stereocenters. The maximum Gasteiger partial charge on any atom is 0.119 e. The van der Waals surface area contributed by atoms with E-state index >= 15 is 0 Å². The first-order valence-electron chi connectivity index (χ1n) is 7.10. The maximum absolute atomic E-state index is 5.99. The van der Waals surface area contributed by atoms with Crippen LogP contribution in [-0.2, 0) is 5.41 Å². The third-order valence-electron chi connectivity index (χ3n) is 4.07. The Labute approximate surface area is 111 Å². The summed E-state index contributed by atoms with van der Waals surface area (Å²) in [5.74, 6) is 0.999. The fraction of sp³-hybridized carbons (Fsp3) is 0.625. The van der Waals surface area contributed by atoms with Gasteiger partial charge in [-0.25, -0.2) is 0 Å². The lowest BCUT2D eigenvalue weighted by atomic mass is 9.82. The van der Waals surface area contributed by atoms with Gasteiger partial charge in [-0.3, -0.25) is 0 Å². The number of hydrogen-bond donors (Lipinski definition) is 1. The molecule has 1 aliphatic heterocycles. The van der Waals surface area contributed by atoms with E-state index in [1.165, 1.54) is 12.0 Å². The molecular weight excluding hydrogens is 222 g/mol. The number of ether oxygens (including phenoxy) is 1. The molecule has 0 spiro atoms. The third-order valence-corrected chi connectivity index (χ3v) is 4.07. The highest BCUT2D eigenvalue weighted by Crippen LogP contribution is 2.28. The van der Waals surface area contributed by atoms with Gasteiger partial charge < -0.3 is 10.1 Å². The van der Waals surface area contributed by atoms with Crippen molar-refractivity contribution >= 4 is 0 Å². The molecule has 2 nitrogen and oxygen atoms in total. The Morgan fingerprint density at radius 3 is 2.56 bits per heavy atom. The van der Waals surface area contributed by atoms with E-state index in [-0.39, 0.29) is 5.41 Å². The Bertz CT molecular complexity index is 363. The van der Waals surface area contributed by atoms with Crippen molar-refractivity contribution in [3.05, 3.63) is 29.8 Å². The van der Waals surface area contributed by atoms with E-state index in [1.807, 2.05) is 0 Å². The second-order valence-corrected chi connectivity index (χ2v) is 5.85. The average Bonchev–Trinajstić information content (AvgIpc) is 2.40. The van der Waals surface area contributed by atoms with Crippen molar-refractivity contribution in [3.8, 4) is 5.75 Å². The van der Waals surface area contributed by atoms with Crippen molar-refractivity contribution in [3.63, 3.8) is 0 Å². The first-order chi connectivity index (χ1) is 8.62. The van der Waals surface area contributed by atoms with Gasteiger partial charge in [0.05, 0.1) is 0 Å². The van der Waals surface area contributed by atoms with Gasteiger partial charge in [0, 0.05) is 6.54 Å². The zero-order valence-corrected chi connectivity index (χ0v) is 11.8. The van der Waals surface area contributed by atoms with E-state index < -0.39 is 0 Å². The largest absolute Gasteiger partial charge is 0.489 e. The molecule has 0 aromatic heterocycles. The highest BCUT2D eigenvalue weighted by Gasteiger charge is 2.18. The van der Waals surface area contributed by atoms with Gasteiger partial charge in [-0.15, -0.1) is 0 Å². The molecule has 1 saturated heterocycles. The van der Waals surface area contributed by atoms with E-state index in [9.17, 15) is 0 Å². The predicted octanol–water partition coefficient (Wildman–Crippen LogP) is 3.51. The molecule has 1 aromatic rings. The SMILES string of the molecule is CCC(C)(C)c1ccc(O[C@H]2CCCNC2)cc1. The monoisotopic (exact) mass is 247 g/mol. The summed E-state index contributed by atoms with van der Waals surface area (Å²) in [6.45, 7) is 8.91. The molecule has 0 aliphatic carbocycles. The summed E-state index contributed by atoms with van der Waals surface area (Å²) in [6, 6.07) is 8.63. The molecule has 1 N–H and O–H groups in total. The lowest BCUT2D eigenvalue weighted by molar-refractivity contribution is 0.167. The smallest absolute Gasteiger partial charge is 0.119 e. The van der Waals surface area contributed by atoms with Gasteiger partial charge in [0.15, 0.2) is 0 Å². The van der Waals surface area contributed by atoms with Gasteiger partial charge in [-0.05, 0) is 48.9 Å². The number of benzene rings is 1. The third kappa shape index (κ3) is 3.26. The van der Waals surface area contributed by atoms with Gasteiger partial charge >= 0.3 is 0 Å². The lowest BCUT2D eigenvalue weighted by Crippen LogP contribution is -2.37. The highest BCUT2D eigenvalue weighted by atomic mass is 16.5. The molecule has 0 amide bonds. The summed E-state index contributed by atoms with van der Waals surface area (Å²) >= 11 is 0. The van der Waals surface area contributed by atoms with Crippen LogP contribution in [0.1, 0.15) is 45.6 Å². The minimum Gasteiger partial charge on any atom is -0.489 e. The van der Waals surface area contributed by atoms with Crippen LogP contribution in [0.4, 0.5) is 0 Å². The van der Waals surface area contributed by atoms with Crippen molar-refractivity contribution in [2.24, 2.45) is 0 Å². The second-order valence-electron chi connectivity index (χ2n) is 5.85. The predicted molar refractivity (Wildman–Crippen MR) is 76.3 cm³/mol. The topological polar surface area (TPSA) is 21.3 Å². The van der Waals surface area contributed by atoms with Gasteiger partial charge in [0.1, 0.15) is 11.9 Å². The zero-order chi connectivity index (χ0) is 13.0. The van der Waals surface area contributed by atoms with Crippen LogP contribution in [0, 0.1) is 0 Å². The van der Waals surface area contributed by atoms with Crippen molar-refractivity contribution in [1.29, 1.82) is 0 Å². The van der Waals surface area contributed by atoms with E-state index in [4.69, 9.17) is 4.74 Å². The second kappa shape index (κ2) is 5.75. The van der Waals surface area contributed by atoms with E-state index in [1.54, 1.807) is 0 Å². The van der Waals surface area contributed by atoms with Gasteiger partial charge in [-0.1, -0.05) is 32.9 Å². The number of hydrogen-bond acceptors (Lipinski definition) is 2. The maximum atomic E-state index is 5.99. The summed E-state index contributed by atoms with van der Waals surface area (Å²) < 4.78 is 5.99. The van der Waals surface area contributed by atoms with Crippen molar-refractivity contribution < 1.29 is 4.74 Å². The molecule has 1 fully saturated rings. The van der Waals surface area contributed by atoms with Crippen molar-refractivity contribution in [2.45, 2.75) is 51.6 Å². The van der Waals surface area contributed by atoms with Crippen LogP contribution in [0.25, 0.3) is 0 Å². The molecular formula is C16H25NO. The molecule has 100 valence electrons. The molecule has 2 heteroatoms. The molecule has 1 aromatic carbocycles. The fourth-order valence-corrected chi connectivity index (χ4v) is 2.30. The summed E-state index contributed by atoms with van der Waals surface area (Å²) in [7, 11) is 0. The van der Waals surface area contributed by atoms with E-state index in [0.717, 1.165) is 31.7 Å². The van der Waals surface area contributed by atoms with Gasteiger partial charge in [0.2, 0.25) is 0 Å². The van der Waals surface area contributed by atoms with Crippen LogP contribution < -0.4 is 10.1 Å². The first kappa shape index (κ1) is 13.4. The summed E-state index contributed by atoms with van der Waals surface area (Å²) in [5.41, 5.74) is 1.64. The first-order valence-corrected chi connectivity index (χ1v) is 7.10. The lowest BCUT2D eigenvalue weighted by Gasteiger charge is -2.26. The Morgan fingerprint density at radius 2 is 2.00 bits per heavy atom. The van der Waals surface area contributed by atoms with E-state index in [0.29, 0.717) is 6.10 Å². The molecule has 18 heavy (non-hydrogen) atoms. The quantitative estimate of drug-likeness (QED) is 0.879. The molecule has 2 rings (SSSR count). The zero-order valence-electron chi connectivity index (χ0n) is 11.8. The number of rotatable bonds is 4. The summed E-state index contributed by atoms with van der Waals surface area (Å²) in [5, 5.41) is 3.37. The van der Waals surface area contributed by atoms with Crippen LogP contribution in [0.3, 0.4) is 0 Å². The number of piperidine rings is 1. The van der Waals surface area contributed by atoms with Gasteiger partial charge in [-0.2, -0.15) is 0 Å². The molecule has 0 unspecified atom stereocenters. The normalized spacial score (nSPS) is 20.7. The van der Waals surface area contributed by atoms with Crippen molar-refractivity contribution in [2.75, 3.05) is 13.1 Å². The minimum atomic E-state index is 0.255. The van der Waals surface area contributed by atoms with Crippen LogP contribution in [0.15, 0.2) is 24.3 Å². The minimum absolute atomic E-state index is 0.255. The standard InChI is InChI=1S/C16H25NO/c1-4-16(2,3)13-7-9-14(10-8-13)18-15-6-5-11-17-12-15/h7-10,15,17H,4-6,11-12H2,1-3H3/t15-/m0/s1. The summed E-state index contributed by atoms with van der Waals surface area (Å²) in [6.07, 6.45) is 3.87. The van der Waals surface area contributed by atoms with Gasteiger partial charge in [0.25, 0.3) is 0 Å². The van der Waals surface area contributed by atoms with E-state index in [2.05, 4.69) is 50.4 Å². The Balaban J connectivity index is 1.99. The van der Waals surface area contributed by atoms with Crippen LogP contribution in [0.2, 0.25) is 0 Å². The molecule has 0 radical (unpaired) electrons.